The normalized spacial score (nSPS) is 12.6. The number of aromatic nitrogens is 3. The Morgan fingerprint density at radius 1 is 1.22 bits per heavy atom. The zero-order valence-electron chi connectivity index (χ0n) is 12.5. The fourth-order valence-electron chi connectivity index (χ4n) is 2.45. The van der Waals surface area contributed by atoms with Crippen LogP contribution in [0.4, 0.5) is 8.78 Å². The van der Waals surface area contributed by atoms with Crippen molar-refractivity contribution in [3.63, 3.8) is 0 Å². The van der Waals surface area contributed by atoms with Gasteiger partial charge in [0.25, 0.3) is 5.56 Å². The van der Waals surface area contributed by atoms with Crippen LogP contribution in [0.25, 0.3) is 22.4 Å². The van der Waals surface area contributed by atoms with Gasteiger partial charge in [-0.1, -0.05) is 0 Å². The van der Waals surface area contributed by atoms with Crippen molar-refractivity contribution < 1.29 is 8.78 Å². The minimum absolute atomic E-state index is 0.144. The predicted octanol–water partition coefficient (Wildman–Crippen LogP) is 2.29. The number of rotatable bonds is 2. The molecule has 2 aromatic heterocycles. The van der Waals surface area contributed by atoms with Gasteiger partial charge in [0.15, 0.2) is 5.82 Å². The van der Waals surface area contributed by atoms with E-state index >= 15 is 0 Å². The van der Waals surface area contributed by atoms with Crippen molar-refractivity contribution in [1.82, 2.24) is 14.5 Å². The zero-order chi connectivity index (χ0) is 16.7. The van der Waals surface area contributed by atoms with Crippen LogP contribution in [0.2, 0.25) is 0 Å². The van der Waals surface area contributed by atoms with E-state index in [1.807, 2.05) is 0 Å². The zero-order valence-corrected chi connectivity index (χ0v) is 12.5. The molecule has 5 nitrogen and oxygen atoms in total. The summed E-state index contributed by atoms with van der Waals surface area (Å²) in [4.78, 5) is 20.9. The SMILES string of the molecule is C[C@@H](N)c1cc(F)cc2c(=O)n(C)c(-c3ccc(F)cn3)nc12. The van der Waals surface area contributed by atoms with E-state index in [1.54, 1.807) is 6.92 Å². The number of nitrogens with zero attached hydrogens (tertiary/aromatic N) is 3. The Labute approximate surface area is 130 Å². The Bertz CT molecular complexity index is 949. The third-order valence-electron chi connectivity index (χ3n) is 3.62. The topological polar surface area (TPSA) is 73.8 Å². The second kappa shape index (κ2) is 5.51. The highest BCUT2D eigenvalue weighted by Crippen LogP contribution is 2.23. The molecule has 0 bridgehead atoms. The molecule has 1 aromatic carbocycles. The summed E-state index contributed by atoms with van der Waals surface area (Å²) in [6.07, 6.45) is 1.04. The molecule has 0 aliphatic carbocycles. The molecule has 118 valence electrons. The predicted molar refractivity (Wildman–Crippen MR) is 82.7 cm³/mol. The van der Waals surface area contributed by atoms with Gasteiger partial charge < -0.3 is 5.73 Å². The van der Waals surface area contributed by atoms with Crippen LogP contribution in [0.1, 0.15) is 18.5 Å². The first-order valence-electron chi connectivity index (χ1n) is 6.96. The first kappa shape index (κ1) is 15.2. The maximum absolute atomic E-state index is 13.8. The molecule has 0 spiro atoms. The third kappa shape index (κ3) is 2.59. The number of hydrogen-bond acceptors (Lipinski definition) is 4. The molecule has 7 heteroatoms. The maximum Gasteiger partial charge on any atom is 0.261 e. The fourth-order valence-corrected chi connectivity index (χ4v) is 2.45. The van der Waals surface area contributed by atoms with Crippen LogP contribution in [0.5, 0.6) is 0 Å². The Kier molecular flexibility index (Phi) is 3.65. The summed E-state index contributed by atoms with van der Waals surface area (Å²) in [5.41, 5.74) is 6.54. The van der Waals surface area contributed by atoms with Gasteiger partial charge in [-0.2, -0.15) is 0 Å². The van der Waals surface area contributed by atoms with Crippen LogP contribution in [-0.4, -0.2) is 14.5 Å². The molecule has 2 N–H and O–H groups in total. The van der Waals surface area contributed by atoms with Crippen LogP contribution in [0, 0.1) is 11.6 Å². The number of fused-ring (bicyclic) bond motifs is 1. The summed E-state index contributed by atoms with van der Waals surface area (Å²) >= 11 is 0. The number of benzene rings is 1. The van der Waals surface area contributed by atoms with Gasteiger partial charge in [0.1, 0.15) is 17.3 Å². The van der Waals surface area contributed by atoms with Crippen molar-refractivity contribution >= 4 is 10.9 Å². The van der Waals surface area contributed by atoms with E-state index in [9.17, 15) is 13.6 Å². The molecule has 0 saturated carbocycles. The first-order valence-corrected chi connectivity index (χ1v) is 6.96. The van der Waals surface area contributed by atoms with Crippen molar-refractivity contribution in [2.24, 2.45) is 12.8 Å². The Balaban J connectivity index is 2.39. The van der Waals surface area contributed by atoms with Gasteiger partial charge in [-0.25, -0.2) is 18.7 Å². The quantitative estimate of drug-likeness (QED) is 0.787. The van der Waals surface area contributed by atoms with Gasteiger partial charge in [-0.05, 0) is 36.8 Å². The molecule has 0 unspecified atom stereocenters. The van der Waals surface area contributed by atoms with E-state index in [-0.39, 0.29) is 11.2 Å². The lowest BCUT2D eigenvalue weighted by Gasteiger charge is -2.13. The molecule has 3 rings (SSSR count). The molecule has 2 heterocycles. The minimum atomic E-state index is -0.545. The van der Waals surface area contributed by atoms with Crippen LogP contribution >= 0.6 is 0 Å². The number of hydrogen-bond donors (Lipinski definition) is 1. The van der Waals surface area contributed by atoms with Crippen molar-refractivity contribution in [2.45, 2.75) is 13.0 Å². The molecule has 23 heavy (non-hydrogen) atoms. The van der Waals surface area contributed by atoms with E-state index in [0.717, 1.165) is 12.3 Å². The highest BCUT2D eigenvalue weighted by Gasteiger charge is 2.17. The van der Waals surface area contributed by atoms with Crippen LogP contribution in [0.15, 0.2) is 35.3 Å². The lowest BCUT2D eigenvalue weighted by atomic mass is 10.0. The highest BCUT2D eigenvalue weighted by atomic mass is 19.1. The summed E-state index contributed by atoms with van der Waals surface area (Å²) in [5.74, 6) is -0.773. The smallest absolute Gasteiger partial charge is 0.261 e. The summed E-state index contributed by atoms with van der Waals surface area (Å²) in [6.45, 7) is 1.68. The van der Waals surface area contributed by atoms with Gasteiger partial charge in [-0.3, -0.25) is 9.36 Å². The van der Waals surface area contributed by atoms with E-state index in [1.165, 1.54) is 29.8 Å². The fraction of sp³-hybridized carbons (Fsp3) is 0.188. The maximum atomic E-state index is 13.8. The Morgan fingerprint density at radius 3 is 2.57 bits per heavy atom. The molecule has 0 amide bonds. The second-order valence-electron chi connectivity index (χ2n) is 5.34. The molecular weight excluding hydrogens is 302 g/mol. The monoisotopic (exact) mass is 316 g/mol. The summed E-state index contributed by atoms with van der Waals surface area (Å²) < 4.78 is 28.0. The molecule has 1 atom stereocenters. The molecule has 0 saturated heterocycles. The van der Waals surface area contributed by atoms with E-state index < -0.39 is 23.2 Å². The van der Waals surface area contributed by atoms with Crippen LogP contribution < -0.4 is 11.3 Å². The minimum Gasteiger partial charge on any atom is -0.324 e. The summed E-state index contributed by atoms with van der Waals surface area (Å²) in [7, 11) is 1.51. The molecule has 3 aromatic rings. The lowest BCUT2D eigenvalue weighted by Crippen LogP contribution is -2.22. The van der Waals surface area contributed by atoms with Gasteiger partial charge in [0.2, 0.25) is 0 Å². The van der Waals surface area contributed by atoms with Crippen LogP contribution in [0.3, 0.4) is 0 Å². The van der Waals surface area contributed by atoms with Gasteiger partial charge in [0, 0.05) is 13.1 Å². The lowest BCUT2D eigenvalue weighted by molar-refractivity contribution is 0.621. The van der Waals surface area contributed by atoms with E-state index in [0.29, 0.717) is 16.8 Å². The van der Waals surface area contributed by atoms with Crippen molar-refractivity contribution in [3.8, 4) is 11.5 Å². The molecule has 0 aliphatic heterocycles. The first-order chi connectivity index (χ1) is 10.9. The molecular formula is C16H14F2N4O. The molecule has 0 fully saturated rings. The average Bonchev–Trinajstić information content (AvgIpc) is 2.51. The van der Waals surface area contributed by atoms with Crippen molar-refractivity contribution in [3.05, 3.63) is 58.0 Å². The average molecular weight is 316 g/mol. The standard InChI is InChI=1S/C16H14F2N4O/c1-8(19)11-5-10(18)6-12-14(11)21-15(22(2)16(12)23)13-4-3-9(17)7-20-13/h3-8H,19H2,1-2H3/t8-/m1/s1. The van der Waals surface area contributed by atoms with Gasteiger partial charge >= 0.3 is 0 Å². The van der Waals surface area contributed by atoms with Gasteiger partial charge in [0.05, 0.1) is 17.1 Å². The number of halogens is 2. The van der Waals surface area contributed by atoms with Crippen LogP contribution in [-0.2, 0) is 7.05 Å². The largest absolute Gasteiger partial charge is 0.324 e. The number of nitrogens with two attached hydrogens (primary N) is 1. The van der Waals surface area contributed by atoms with E-state index in [2.05, 4.69) is 9.97 Å². The molecule has 0 radical (unpaired) electrons. The highest BCUT2D eigenvalue weighted by molar-refractivity contribution is 5.83. The Hall–Kier alpha value is -2.67. The Morgan fingerprint density at radius 2 is 1.96 bits per heavy atom. The second-order valence-corrected chi connectivity index (χ2v) is 5.34. The van der Waals surface area contributed by atoms with Crippen molar-refractivity contribution in [1.29, 1.82) is 0 Å². The van der Waals surface area contributed by atoms with Crippen molar-refractivity contribution in [2.75, 3.05) is 0 Å². The third-order valence-corrected chi connectivity index (χ3v) is 3.62. The molecule has 0 aliphatic rings. The number of pyridine rings is 1. The van der Waals surface area contributed by atoms with E-state index in [4.69, 9.17) is 5.73 Å². The summed E-state index contributed by atoms with van der Waals surface area (Å²) in [6, 6.07) is 4.56. The van der Waals surface area contributed by atoms with Gasteiger partial charge in [-0.15, -0.1) is 0 Å². The summed E-state index contributed by atoms with van der Waals surface area (Å²) in [5, 5.41) is 0.144.